The van der Waals surface area contributed by atoms with Crippen LogP contribution < -0.4 is 17.0 Å². The first-order valence-electron chi connectivity index (χ1n) is 10.3. The van der Waals surface area contributed by atoms with Crippen LogP contribution in [0.3, 0.4) is 0 Å². The van der Waals surface area contributed by atoms with E-state index in [1.807, 2.05) is 0 Å². The standard InChI is InChI=1S/C28H28P.BrH/c1-5-13-25(14-6-1)21-29(22-26-15-7-2-8-16-26,23-27-17-9-3-10-18-27)24-28-19-11-4-12-20-28;/h1-20H,21-24H2;1H/q+1;/p-1. The molecule has 0 amide bonds. The van der Waals surface area contributed by atoms with Crippen molar-refractivity contribution < 1.29 is 17.0 Å². The van der Waals surface area contributed by atoms with E-state index in [9.17, 15) is 0 Å². The molecule has 152 valence electrons. The molecule has 0 aliphatic heterocycles. The van der Waals surface area contributed by atoms with Crippen LogP contribution in [-0.2, 0) is 24.6 Å². The molecular weight excluding hydrogens is 447 g/mol. The summed E-state index contributed by atoms with van der Waals surface area (Å²) < 4.78 is 0. The molecular formula is C28H28BrP. The van der Waals surface area contributed by atoms with E-state index in [-0.39, 0.29) is 17.0 Å². The van der Waals surface area contributed by atoms with Crippen LogP contribution in [0.15, 0.2) is 121 Å². The average molecular weight is 475 g/mol. The Morgan fingerprint density at radius 2 is 0.533 bits per heavy atom. The van der Waals surface area contributed by atoms with Crippen LogP contribution in [0.1, 0.15) is 22.3 Å². The summed E-state index contributed by atoms with van der Waals surface area (Å²) in [6.45, 7) is 0. The second-order valence-electron chi connectivity index (χ2n) is 7.92. The van der Waals surface area contributed by atoms with Gasteiger partial charge in [0, 0.05) is 7.26 Å². The Morgan fingerprint density at radius 1 is 0.333 bits per heavy atom. The maximum Gasteiger partial charge on any atom is 0.0852 e. The molecule has 0 spiro atoms. The van der Waals surface area contributed by atoms with Gasteiger partial charge in [-0.05, 0) is 22.3 Å². The van der Waals surface area contributed by atoms with E-state index < -0.39 is 7.26 Å². The lowest BCUT2D eigenvalue weighted by Gasteiger charge is -2.29. The molecule has 4 aromatic rings. The van der Waals surface area contributed by atoms with Gasteiger partial charge in [-0.25, -0.2) is 0 Å². The third kappa shape index (κ3) is 6.39. The third-order valence-corrected chi connectivity index (χ3v) is 9.59. The summed E-state index contributed by atoms with van der Waals surface area (Å²) in [5.74, 6) is 0. The van der Waals surface area contributed by atoms with Crippen LogP contribution in [0.2, 0.25) is 0 Å². The van der Waals surface area contributed by atoms with Gasteiger partial charge in [-0.3, -0.25) is 0 Å². The van der Waals surface area contributed by atoms with Crippen LogP contribution in [0.4, 0.5) is 0 Å². The van der Waals surface area contributed by atoms with Gasteiger partial charge in [-0.15, -0.1) is 0 Å². The Labute approximate surface area is 192 Å². The minimum atomic E-state index is -1.38. The zero-order chi connectivity index (χ0) is 19.8. The van der Waals surface area contributed by atoms with Gasteiger partial charge in [0.15, 0.2) is 0 Å². The predicted molar refractivity (Wildman–Crippen MR) is 128 cm³/mol. The molecule has 4 aromatic carbocycles. The Hall–Kier alpha value is -2.21. The minimum Gasteiger partial charge on any atom is -1.00 e. The molecule has 0 saturated heterocycles. The van der Waals surface area contributed by atoms with E-state index in [4.69, 9.17) is 0 Å². The number of hydrogen-bond donors (Lipinski definition) is 0. The van der Waals surface area contributed by atoms with E-state index in [1.165, 1.54) is 46.9 Å². The van der Waals surface area contributed by atoms with Crippen molar-refractivity contribution in [2.24, 2.45) is 0 Å². The second-order valence-corrected chi connectivity index (χ2v) is 11.9. The van der Waals surface area contributed by atoms with Gasteiger partial charge in [0.05, 0.1) is 24.6 Å². The second kappa shape index (κ2) is 11.3. The van der Waals surface area contributed by atoms with Gasteiger partial charge in [0.25, 0.3) is 0 Å². The lowest BCUT2D eigenvalue weighted by molar-refractivity contribution is -0.00000602. The molecule has 0 saturated carbocycles. The quantitative estimate of drug-likeness (QED) is 0.321. The normalized spacial score (nSPS) is 10.9. The summed E-state index contributed by atoms with van der Waals surface area (Å²) >= 11 is 0. The summed E-state index contributed by atoms with van der Waals surface area (Å²) in [5.41, 5.74) is 5.85. The van der Waals surface area contributed by atoms with Crippen molar-refractivity contribution in [1.29, 1.82) is 0 Å². The van der Waals surface area contributed by atoms with Crippen molar-refractivity contribution in [2.45, 2.75) is 24.6 Å². The zero-order valence-corrected chi connectivity index (χ0v) is 19.7. The Balaban J connectivity index is 0.00000256. The van der Waals surface area contributed by atoms with Gasteiger partial charge >= 0.3 is 0 Å². The highest BCUT2D eigenvalue weighted by Crippen LogP contribution is 2.68. The topological polar surface area (TPSA) is 0 Å². The van der Waals surface area contributed by atoms with Gasteiger partial charge in [-0.2, -0.15) is 0 Å². The minimum absolute atomic E-state index is 0. The van der Waals surface area contributed by atoms with Crippen molar-refractivity contribution >= 4 is 7.26 Å². The predicted octanol–water partition coefficient (Wildman–Crippen LogP) is 4.81. The fourth-order valence-electron chi connectivity index (χ4n) is 4.22. The van der Waals surface area contributed by atoms with Crippen molar-refractivity contribution in [1.82, 2.24) is 0 Å². The van der Waals surface area contributed by atoms with Crippen molar-refractivity contribution in [3.8, 4) is 0 Å². The van der Waals surface area contributed by atoms with E-state index in [1.54, 1.807) is 0 Å². The Kier molecular flexibility index (Phi) is 8.43. The molecule has 0 bridgehead atoms. The van der Waals surface area contributed by atoms with Crippen LogP contribution in [0.5, 0.6) is 0 Å². The monoisotopic (exact) mass is 474 g/mol. The number of hydrogen-bond acceptors (Lipinski definition) is 0. The molecule has 2 heteroatoms. The van der Waals surface area contributed by atoms with Gasteiger partial charge in [-0.1, -0.05) is 121 Å². The molecule has 0 heterocycles. The highest BCUT2D eigenvalue weighted by atomic mass is 79.9. The van der Waals surface area contributed by atoms with E-state index in [2.05, 4.69) is 121 Å². The molecule has 0 N–H and O–H groups in total. The maximum absolute atomic E-state index is 2.30. The van der Waals surface area contributed by atoms with Gasteiger partial charge in [0.2, 0.25) is 0 Å². The molecule has 0 fully saturated rings. The first-order chi connectivity index (χ1) is 14.3. The fraction of sp³-hybridized carbons (Fsp3) is 0.143. The largest absolute Gasteiger partial charge is 1.00 e. The molecule has 4 rings (SSSR count). The molecule has 30 heavy (non-hydrogen) atoms. The van der Waals surface area contributed by atoms with E-state index in [0.29, 0.717) is 0 Å². The molecule has 0 radical (unpaired) electrons. The molecule has 0 atom stereocenters. The Morgan fingerprint density at radius 3 is 0.733 bits per heavy atom. The number of halogens is 1. The van der Waals surface area contributed by atoms with Crippen molar-refractivity contribution in [2.75, 3.05) is 0 Å². The van der Waals surface area contributed by atoms with Crippen LogP contribution in [-0.4, -0.2) is 0 Å². The number of benzene rings is 4. The SMILES string of the molecule is [Br-].c1ccc(C[P+](Cc2ccccc2)(Cc2ccccc2)Cc2ccccc2)cc1. The van der Waals surface area contributed by atoms with E-state index in [0.717, 1.165) is 0 Å². The highest BCUT2D eigenvalue weighted by molar-refractivity contribution is 7.72. The smallest absolute Gasteiger partial charge is 0.0852 e. The first-order valence-corrected chi connectivity index (χ1v) is 12.9. The third-order valence-electron chi connectivity index (χ3n) is 5.44. The molecule has 0 aromatic heterocycles. The van der Waals surface area contributed by atoms with Crippen LogP contribution >= 0.6 is 7.26 Å². The molecule has 0 nitrogen and oxygen atoms in total. The van der Waals surface area contributed by atoms with Gasteiger partial charge < -0.3 is 17.0 Å². The highest BCUT2D eigenvalue weighted by Gasteiger charge is 2.38. The summed E-state index contributed by atoms with van der Waals surface area (Å²) in [5, 5.41) is 0. The summed E-state index contributed by atoms with van der Waals surface area (Å²) in [6.07, 6.45) is 4.69. The van der Waals surface area contributed by atoms with Crippen molar-refractivity contribution in [3.05, 3.63) is 144 Å². The summed E-state index contributed by atoms with van der Waals surface area (Å²) in [6, 6.07) is 44.3. The van der Waals surface area contributed by atoms with E-state index >= 15 is 0 Å². The summed E-state index contributed by atoms with van der Waals surface area (Å²) in [4.78, 5) is 0. The fourth-order valence-corrected chi connectivity index (χ4v) is 8.83. The maximum atomic E-state index is 2.30. The van der Waals surface area contributed by atoms with Crippen LogP contribution in [0.25, 0.3) is 0 Å². The van der Waals surface area contributed by atoms with Crippen LogP contribution in [0, 0.1) is 0 Å². The molecule has 0 aliphatic rings. The van der Waals surface area contributed by atoms with Crippen molar-refractivity contribution in [3.63, 3.8) is 0 Å². The van der Waals surface area contributed by atoms with Gasteiger partial charge in [0.1, 0.15) is 0 Å². The Bertz CT molecular complexity index is 814. The average Bonchev–Trinajstić information content (AvgIpc) is 2.76. The zero-order valence-electron chi connectivity index (χ0n) is 17.2. The molecule has 0 aliphatic carbocycles. The lowest BCUT2D eigenvalue weighted by atomic mass is 10.2. The molecule has 0 unspecified atom stereocenters. The lowest BCUT2D eigenvalue weighted by Crippen LogP contribution is -3.00. The first kappa shape index (κ1) is 22.5. The summed E-state index contributed by atoms with van der Waals surface area (Å²) in [7, 11) is -1.38. The number of rotatable bonds is 8.